The molecule has 0 radical (unpaired) electrons. The summed E-state index contributed by atoms with van der Waals surface area (Å²) < 4.78 is 47.2. The molecule has 46 heavy (non-hydrogen) atoms. The van der Waals surface area contributed by atoms with Crippen LogP contribution in [0.3, 0.4) is 0 Å². The van der Waals surface area contributed by atoms with Crippen LogP contribution >= 0.6 is 0 Å². The monoisotopic (exact) mass is 631 g/mol. The number of rotatable bonds is 8. The van der Waals surface area contributed by atoms with Crippen LogP contribution in [0, 0.1) is 12.8 Å². The third kappa shape index (κ3) is 7.41. The summed E-state index contributed by atoms with van der Waals surface area (Å²) in [5, 5.41) is 10.0. The van der Waals surface area contributed by atoms with Gasteiger partial charge in [0.25, 0.3) is 0 Å². The molecule has 1 unspecified atom stereocenters. The van der Waals surface area contributed by atoms with Gasteiger partial charge in [-0.2, -0.15) is 13.2 Å². The number of pyridine rings is 1. The highest BCUT2D eigenvalue weighted by molar-refractivity contribution is 5.79. The molecule has 0 spiro atoms. The molecule has 6 rings (SSSR count). The maximum atomic E-state index is 13.0. The van der Waals surface area contributed by atoms with E-state index < -0.39 is 23.6 Å². The third-order valence-electron chi connectivity index (χ3n) is 8.36. The van der Waals surface area contributed by atoms with Gasteiger partial charge in [0.1, 0.15) is 18.2 Å². The lowest BCUT2D eigenvalue weighted by molar-refractivity contribution is -0.143. The van der Waals surface area contributed by atoms with E-state index in [0.717, 1.165) is 70.6 Å². The fourth-order valence-electron chi connectivity index (χ4n) is 5.97. The van der Waals surface area contributed by atoms with Gasteiger partial charge in [-0.15, -0.1) is 0 Å². The number of aliphatic carboxylic acids is 1. The first-order valence-electron chi connectivity index (χ1n) is 14.7. The summed E-state index contributed by atoms with van der Waals surface area (Å²) in [7, 11) is 0. The third-order valence-corrected chi connectivity index (χ3v) is 8.36. The molecular weight excluding hydrogens is 591 g/mol. The van der Waals surface area contributed by atoms with Crippen LogP contribution in [0.2, 0.25) is 0 Å². The molecule has 5 aromatic rings. The molecule has 1 N–H and O–H groups in total. The van der Waals surface area contributed by atoms with Crippen molar-refractivity contribution in [2.45, 2.75) is 72.7 Å². The number of aryl methyl sites for hydroxylation is 1. The molecule has 242 valence electrons. The van der Waals surface area contributed by atoms with E-state index >= 15 is 0 Å². The maximum absolute atomic E-state index is 13.0. The number of carboxylic acids is 1. The van der Waals surface area contributed by atoms with Gasteiger partial charge in [0, 0.05) is 24.7 Å². The largest absolute Gasteiger partial charge is 0.487 e. The summed E-state index contributed by atoms with van der Waals surface area (Å²) in [6.45, 7) is 2.74. The highest BCUT2D eigenvalue weighted by Crippen LogP contribution is 2.40. The van der Waals surface area contributed by atoms with Crippen molar-refractivity contribution in [1.82, 2.24) is 14.5 Å². The smallest absolute Gasteiger partial charge is 0.416 e. The fraction of sp³-hybridized carbons (Fsp3) is 0.324. The topological polar surface area (TPSA) is 77.2 Å². The number of imidazole rings is 1. The number of benzene rings is 3. The molecule has 0 amide bonds. The Morgan fingerprint density at radius 3 is 2.24 bits per heavy atom. The second kappa shape index (κ2) is 14.2. The molecule has 1 aliphatic carbocycles. The van der Waals surface area contributed by atoms with Gasteiger partial charge in [-0.3, -0.25) is 9.78 Å². The quantitative estimate of drug-likeness (QED) is 0.185. The van der Waals surface area contributed by atoms with E-state index in [1.54, 1.807) is 6.20 Å². The van der Waals surface area contributed by atoms with Crippen molar-refractivity contribution in [2.75, 3.05) is 0 Å². The summed E-state index contributed by atoms with van der Waals surface area (Å²) in [5.74, 6) is -0.130. The van der Waals surface area contributed by atoms with Crippen LogP contribution in [0.4, 0.5) is 13.2 Å². The van der Waals surface area contributed by atoms with E-state index in [4.69, 9.17) is 9.72 Å². The summed E-state index contributed by atoms with van der Waals surface area (Å²) in [4.78, 5) is 21.6. The van der Waals surface area contributed by atoms with Crippen molar-refractivity contribution >= 4 is 17.0 Å². The number of halogens is 3. The second-order valence-corrected chi connectivity index (χ2v) is 11.4. The molecule has 0 bridgehead atoms. The molecule has 0 aliphatic heterocycles. The van der Waals surface area contributed by atoms with Crippen LogP contribution in [-0.4, -0.2) is 25.6 Å². The first-order valence-corrected chi connectivity index (χ1v) is 14.7. The average Bonchev–Trinajstić information content (AvgIpc) is 3.38. The molecule has 1 aliphatic rings. The number of fused-ring (bicyclic) bond motifs is 1. The maximum Gasteiger partial charge on any atom is 0.416 e. The van der Waals surface area contributed by atoms with Gasteiger partial charge < -0.3 is 14.4 Å². The lowest BCUT2D eigenvalue weighted by atomic mass is 9.78. The molecule has 2 atom stereocenters. The van der Waals surface area contributed by atoms with E-state index in [-0.39, 0.29) is 20.8 Å². The van der Waals surface area contributed by atoms with E-state index in [9.17, 15) is 23.1 Å². The highest BCUT2D eigenvalue weighted by atomic mass is 19.4. The lowest BCUT2D eigenvalue weighted by Gasteiger charge is -2.28. The van der Waals surface area contributed by atoms with Gasteiger partial charge >= 0.3 is 12.1 Å². The van der Waals surface area contributed by atoms with Crippen molar-refractivity contribution in [3.05, 3.63) is 113 Å². The first-order chi connectivity index (χ1) is 21.2. The molecule has 3 aromatic carbocycles. The van der Waals surface area contributed by atoms with Crippen molar-refractivity contribution < 1.29 is 27.8 Å². The van der Waals surface area contributed by atoms with Gasteiger partial charge in [0.05, 0.1) is 28.2 Å². The van der Waals surface area contributed by atoms with Crippen LogP contribution < -0.4 is 4.74 Å². The Hall–Kier alpha value is -4.66. The molecule has 0 saturated heterocycles. The summed E-state index contributed by atoms with van der Waals surface area (Å²) in [6.07, 6.45) is 0.600. The minimum absolute atomic E-state index is 0. The van der Waals surface area contributed by atoms with E-state index in [1.807, 2.05) is 61.5 Å². The minimum Gasteiger partial charge on any atom is -0.487 e. The normalized spacial score (nSPS) is 16.3. The Morgan fingerprint density at radius 1 is 0.935 bits per heavy atom. The van der Waals surface area contributed by atoms with Crippen LogP contribution in [0.5, 0.6) is 5.75 Å². The van der Waals surface area contributed by atoms with E-state index in [0.29, 0.717) is 30.9 Å². The zero-order valence-corrected chi connectivity index (χ0v) is 24.2. The van der Waals surface area contributed by atoms with Crippen molar-refractivity contribution in [1.29, 1.82) is 0 Å². The number of aromatic nitrogens is 3. The Labute approximate surface area is 267 Å². The Bertz CT molecular complexity index is 1760. The van der Waals surface area contributed by atoms with Gasteiger partial charge in [-0.1, -0.05) is 70.2 Å². The summed E-state index contributed by atoms with van der Waals surface area (Å²) in [5.41, 5.74) is 5.25. The zero-order chi connectivity index (χ0) is 30.8. The molecule has 2 aromatic heterocycles. The number of carboxylic acid groups (broad SMARTS) is 1. The van der Waals surface area contributed by atoms with Gasteiger partial charge in [0.15, 0.2) is 0 Å². The predicted molar refractivity (Wildman–Crippen MR) is 175 cm³/mol. The number of alkyl halides is 3. The minimum atomic E-state index is -4.38. The van der Waals surface area contributed by atoms with Crippen molar-refractivity contribution in [3.8, 4) is 16.9 Å². The molecule has 1 fully saturated rings. The van der Waals surface area contributed by atoms with Crippen LogP contribution in [0.25, 0.3) is 22.2 Å². The van der Waals surface area contributed by atoms with E-state index in [1.165, 1.54) is 12.1 Å². The van der Waals surface area contributed by atoms with Crippen LogP contribution in [-0.2, 0) is 24.1 Å². The Balaban J connectivity index is 0.00000240. The molecule has 6 nitrogen and oxygen atoms in total. The Morgan fingerprint density at radius 2 is 1.61 bits per heavy atom. The molecular formula is C37H40F3N3O3. The average molecular weight is 632 g/mol. The number of hydrogen-bond donors (Lipinski definition) is 1. The number of carbonyl (C=O) groups is 1. The zero-order valence-electron chi connectivity index (χ0n) is 24.2. The molecule has 2 heterocycles. The van der Waals surface area contributed by atoms with E-state index in [2.05, 4.69) is 9.55 Å². The number of hydrogen-bond acceptors (Lipinski definition) is 4. The first kappa shape index (κ1) is 34.2. The molecule has 1 saturated carbocycles. The predicted octanol–water partition coefficient (Wildman–Crippen LogP) is 9.68. The molecule has 9 heteroatoms. The lowest BCUT2D eigenvalue weighted by Crippen LogP contribution is -2.27. The Kier molecular flexibility index (Phi) is 10.6. The highest BCUT2D eigenvalue weighted by Gasteiger charge is 2.35. The summed E-state index contributed by atoms with van der Waals surface area (Å²) in [6, 6.07) is 22.4. The van der Waals surface area contributed by atoms with Gasteiger partial charge in [-0.05, 0) is 72.4 Å². The van der Waals surface area contributed by atoms with Crippen molar-refractivity contribution in [3.63, 3.8) is 0 Å². The number of ether oxygens (including phenoxy) is 1. The van der Waals surface area contributed by atoms with Crippen LogP contribution in [0.15, 0.2) is 85.1 Å². The fourth-order valence-corrected chi connectivity index (χ4v) is 5.97. The van der Waals surface area contributed by atoms with Crippen LogP contribution in [0.1, 0.15) is 74.7 Å². The second-order valence-electron chi connectivity index (χ2n) is 11.4. The van der Waals surface area contributed by atoms with Gasteiger partial charge in [0.2, 0.25) is 0 Å². The SMILES string of the molecule is C.C.Cc1ccc(COc2ccc3nc(C4CCCC[C@@H]4C(=O)O)n(Cc4ccc(-c5ccc(C(F)(F)F)cc5)cc4)c3c2)nc1. The van der Waals surface area contributed by atoms with Crippen molar-refractivity contribution in [2.24, 2.45) is 5.92 Å². The standard InChI is InChI=1S/C35H32F3N3O3.2CH4/c1-22-6-15-27(39-19-22)21-44-28-16-17-31-32(18-28)41(33(40-31)29-4-2-3-5-30(29)34(42)43)20-23-7-9-24(10-8-23)25-11-13-26(14-12-25)35(36,37)38;;/h6-19,29-30H,2-5,20-21H2,1H3,(H,42,43);2*1H4/t29?,30-;;/m0../s1. The van der Waals surface area contributed by atoms with Gasteiger partial charge in [-0.25, -0.2) is 4.98 Å². The summed E-state index contributed by atoms with van der Waals surface area (Å²) >= 11 is 0. The number of nitrogens with zero attached hydrogens (tertiary/aromatic N) is 3.